The first-order valence-electron chi connectivity index (χ1n) is 8.83. The quantitative estimate of drug-likeness (QED) is 0.777. The Kier molecular flexibility index (Phi) is 4.35. The van der Waals surface area contributed by atoms with Crippen molar-refractivity contribution >= 4 is 23.2 Å². The van der Waals surface area contributed by atoms with E-state index in [1.165, 1.54) is 5.56 Å². The summed E-state index contributed by atoms with van der Waals surface area (Å²) in [5, 5.41) is 2.96. The van der Waals surface area contributed by atoms with E-state index in [4.69, 9.17) is 0 Å². The zero-order valence-electron chi connectivity index (χ0n) is 14.6. The lowest BCUT2D eigenvalue weighted by Crippen LogP contribution is -2.20. The van der Waals surface area contributed by atoms with Gasteiger partial charge in [-0.05, 0) is 49.1 Å². The van der Waals surface area contributed by atoms with E-state index < -0.39 is 0 Å². The summed E-state index contributed by atoms with van der Waals surface area (Å²) >= 11 is 0. The maximum Gasteiger partial charge on any atom is 0.259 e. The molecule has 0 spiro atoms. The molecule has 0 fully saturated rings. The van der Waals surface area contributed by atoms with Gasteiger partial charge in [0.1, 0.15) is 5.82 Å². The number of rotatable bonds is 4. The van der Waals surface area contributed by atoms with E-state index >= 15 is 0 Å². The predicted molar refractivity (Wildman–Crippen MR) is 103 cm³/mol. The van der Waals surface area contributed by atoms with Gasteiger partial charge in [0, 0.05) is 18.9 Å². The summed E-state index contributed by atoms with van der Waals surface area (Å²) in [6, 6.07) is 16.0. The van der Waals surface area contributed by atoms with Crippen LogP contribution in [-0.2, 0) is 12.8 Å². The number of aryl methyl sites for hydroxylation is 2. The summed E-state index contributed by atoms with van der Waals surface area (Å²) in [4.78, 5) is 23.8. The molecule has 1 aliphatic heterocycles. The lowest BCUT2D eigenvalue weighted by atomic mass is 10.0. The Bertz CT molecular complexity index is 940. The van der Waals surface area contributed by atoms with Gasteiger partial charge in [0.15, 0.2) is 5.82 Å². The highest BCUT2D eigenvalue weighted by molar-refractivity contribution is 6.11. The molecule has 5 nitrogen and oxygen atoms in total. The molecule has 0 unspecified atom stereocenters. The molecule has 2 aromatic heterocycles. The second-order valence-electron chi connectivity index (χ2n) is 6.27. The zero-order valence-corrected chi connectivity index (χ0v) is 14.6. The minimum atomic E-state index is -0.140. The van der Waals surface area contributed by atoms with Crippen LogP contribution in [0, 0.1) is 0 Å². The Morgan fingerprint density at radius 1 is 0.962 bits per heavy atom. The van der Waals surface area contributed by atoms with Crippen LogP contribution in [-0.4, -0.2) is 22.4 Å². The normalized spacial score (nSPS) is 12.8. The number of aromatic nitrogens is 2. The monoisotopic (exact) mass is 344 g/mol. The van der Waals surface area contributed by atoms with E-state index in [-0.39, 0.29) is 5.91 Å². The molecule has 1 amide bonds. The van der Waals surface area contributed by atoms with Crippen LogP contribution in [0.2, 0.25) is 0 Å². The van der Waals surface area contributed by atoms with Crippen LogP contribution in [0.4, 0.5) is 17.3 Å². The van der Waals surface area contributed by atoms with Crippen LogP contribution in [0.1, 0.15) is 28.4 Å². The molecule has 0 atom stereocenters. The average molecular weight is 344 g/mol. The molecule has 0 bridgehead atoms. The van der Waals surface area contributed by atoms with E-state index in [9.17, 15) is 4.79 Å². The third kappa shape index (κ3) is 3.04. The Morgan fingerprint density at radius 2 is 1.77 bits per heavy atom. The van der Waals surface area contributed by atoms with Gasteiger partial charge in [-0.3, -0.25) is 4.79 Å². The minimum Gasteiger partial charge on any atom is -0.319 e. The van der Waals surface area contributed by atoms with E-state index in [0.29, 0.717) is 23.6 Å². The third-order valence-electron chi connectivity index (χ3n) is 4.58. The highest BCUT2D eigenvalue weighted by Gasteiger charge is 2.26. The molecule has 26 heavy (non-hydrogen) atoms. The van der Waals surface area contributed by atoms with Crippen LogP contribution in [0.5, 0.6) is 0 Å². The zero-order chi connectivity index (χ0) is 17.9. The second-order valence-corrected chi connectivity index (χ2v) is 6.27. The number of benzene rings is 1. The topological polar surface area (TPSA) is 58.1 Å². The standard InChI is InChI=1S/C21H20N4O/c1-2-25-19-17(21(26)24-18-9-6-12-22-20(18)25)13-16(14-23-19)11-10-15-7-4-3-5-8-15/h3-9,12-14H,2,10-11H2,1H3,(H,24,26). The summed E-state index contributed by atoms with van der Waals surface area (Å²) < 4.78 is 0. The average Bonchev–Trinajstić information content (AvgIpc) is 2.80. The van der Waals surface area contributed by atoms with Gasteiger partial charge in [0.25, 0.3) is 5.91 Å². The highest BCUT2D eigenvalue weighted by Crippen LogP contribution is 2.34. The number of amides is 1. The van der Waals surface area contributed by atoms with Gasteiger partial charge in [0.2, 0.25) is 0 Å². The maximum absolute atomic E-state index is 12.8. The van der Waals surface area contributed by atoms with Crippen molar-refractivity contribution in [2.45, 2.75) is 19.8 Å². The molecule has 130 valence electrons. The molecular formula is C21H20N4O. The molecule has 0 radical (unpaired) electrons. The first kappa shape index (κ1) is 16.3. The molecule has 1 aliphatic rings. The van der Waals surface area contributed by atoms with Crippen molar-refractivity contribution in [3.8, 4) is 0 Å². The van der Waals surface area contributed by atoms with Gasteiger partial charge >= 0.3 is 0 Å². The number of nitrogens with zero attached hydrogens (tertiary/aromatic N) is 3. The number of carbonyl (C=O) groups excluding carboxylic acids is 1. The Morgan fingerprint density at radius 3 is 2.58 bits per heavy atom. The van der Waals surface area contributed by atoms with E-state index in [1.807, 2.05) is 54.4 Å². The second kappa shape index (κ2) is 6.96. The number of carbonyl (C=O) groups is 1. The number of pyridine rings is 2. The largest absolute Gasteiger partial charge is 0.319 e. The lowest BCUT2D eigenvalue weighted by molar-refractivity contribution is 0.102. The summed E-state index contributed by atoms with van der Waals surface area (Å²) in [5.41, 5.74) is 3.63. The Balaban J connectivity index is 1.67. The maximum atomic E-state index is 12.8. The minimum absolute atomic E-state index is 0.140. The SMILES string of the molecule is CCN1c2ncccc2NC(=O)c2cc(CCc3ccccc3)cnc21. The molecule has 5 heteroatoms. The van der Waals surface area contributed by atoms with Gasteiger partial charge in [-0.2, -0.15) is 0 Å². The van der Waals surface area contributed by atoms with Crippen molar-refractivity contribution < 1.29 is 4.79 Å². The number of nitrogens with one attached hydrogen (secondary N) is 1. The first-order valence-corrected chi connectivity index (χ1v) is 8.83. The van der Waals surface area contributed by atoms with Crippen molar-refractivity contribution in [3.63, 3.8) is 0 Å². The number of hydrogen-bond acceptors (Lipinski definition) is 4. The number of anilines is 3. The van der Waals surface area contributed by atoms with Crippen LogP contribution in [0.3, 0.4) is 0 Å². The Labute approximate surface area is 152 Å². The summed E-state index contributed by atoms with van der Waals surface area (Å²) in [6.45, 7) is 2.71. The van der Waals surface area contributed by atoms with Crippen LogP contribution < -0.4 is 10.2 Å². The molecule has 0 aliphatic carbocycles. The summed E-state index contributed by atoms with van der Waals surface area (Å²) in [6.07, 6.45) is 5.36. The predicted octanol–water partition coefficient (Wildman–Crippen LogP) is 3.99. The van der Waals surface area contributed by atoms with Crippen LogP contribution in [0.15, 0.2) is 60.9 Å². The molecule has 0 saturated heterocycles. The first-order chi connectivity index (χ1) is 12.8. The van der Waals surface area contributed by atoms with Crippen molar-refractivity contribution in [1.82, 2.24) is 9.97 Å². The van der Waals surface area contributed by atoms with E-state index in [2.05, 4.69) is 27.4 Å². The molecule has 3 aromatic rings. The molecular weight excluding hydrogens is 324 g/mol. The van der Waals surface area contributed by atoms with E-state index in [1.54, 1.807) is 6.20 Å². The van der Waals surface area contributed by atoms with Crippen molar-refractivity contribution in [2.75, 3.05) is 16.8 Å². The molecule has 0 saturated carbocycles. The van der Waals surface area contributed by atoms with Gasteiger partial charge in [-0.25, -0.2) is 9.97 Å². The lowest BCUT2D eigenvalue weighted by Gasteiger charge is -2.21. The van der Waals surface area contributed by atoms with Crippen LogP contribution >= 0.6 is 0 Å². The number of fused-ring (bicyclic) bond motifs is 2. The fraction of sp³-hybridized carbons (Fsp3) is 0.190. The molecule has 4 rings (SSSR count). The van der Waals surface area contributed by atoms with Gasteiger partial charge < -0.3 is 10.2 Å². The smallest absolute Gasteiger partial charge is 0.259 e. The molecule has 1 N–H and O–H groups in total. The van der Waals surface area contributed by atoms with Crippen LogP contribution in [0.25, 0.3) is 0 Å². The fourth-order valence-electron chi connectivity index (χ4n) is 3.25. The Hall–Kier alpha value is -3.21. The molecule has 1 aromatic carbocycles. The fourth-order valence-corrected chi connectivity index (χ4v) is 3.25. The summed E-state index contributed by atoms with van der Waals surface area (Å²) in [5.74, 6) is 1.25. The number of hydrogen-bond donors (Lipinski definition) is 1. The van der Waals surface area contributed by atoms with Gasteiger partial charge in [-0.1, -0.05) is 30.3 Å². The summed E-state index contributed by atoms with van der Waals surface area (Å²) in [7, 11) is 0. The van der Waals surface area contributed by atoms with Gasteiger partial charge in [0.05, 0.1) is 11.3 Å². The van der Waals surface area contributed by atoms with Crippen molar-refractivity contribution in [2.24, 2.45) is 0 Å². The third-order valence-corrected chi connectivity index (χ3v) is 4.58. The van der Waals surface area contributed by atoms with Crippen molar-refractivity contribution in [3.05, 3.63) is 77.6 Å². The molecule has 3 heterocycles. The highest BCUT2D eigenvalue weighted by atomic mass is 16.1. The van der Waals surface area contributed by atoms with Crippen molar-refractivity contribution in [1.29, 1.82) is 0 Å². The van der Waals surface area contributed by atoms with E-state index in [0.717, 1.165) is 24.2 Å². The van der Waals surface area contributed by atoms with Gasteiger partial charge in [-0.15, -0.1) is 0 Å².